The van der Waals surface area contributed by atoms with Crippen LogP contribution in [-0.4, -0.2) is 140 Å². The van der Waals surface area contributed by atoms with Crippen molar-refractivity contribution in [1.29, 1.82) is 0 Å². The second-order valence-corrected chi connectivity index (χ2v) is 20.0. The fraction of sp³-hybridized carbons (Fsp3) is 0.544. The van der Waals surface area contributed by atoms with Crippen molar-refractivity contribution in [2.75, 3.05) is 19.8 Å². The van der Waals surface area contributed by atoms with Gasteiger partial charge in [-0.2, -0.15) is 0 Å². The smallest absolute Gasteiger partial charge is 0.220 e. The standard InChI is InChI=1S/C68H103NO13/c1-3-5-7-9-11-13-14-15-16-17-18-19-20-21-22-23-24-25-26-27-28-29-30-31-32-33-34-35-36-37-38-39-40-41-42-44-46-48-50-52-60(73)69-56(57(72)51-49-47-45-43-12-10-8-6-4-2)55-79-67-65(78)63(76)66(59(54-71)81-67)82-68-64(77)62(75)61(74)58(53-70)80-68/h4-7,11-13,15-16,18-19,21-22,24-25,27-28,30-31,33-34,36-37,39-40,42-44,49,51,56-59,61-68,70-72,74-78H,3,8-10,14,17,20,23,26,29,32,35,38,41,45-48,50,52-55H2,1-2H3,(H,69,73)/b6-4+,7-5-,13-11-,16-15-,19-18-,22-21-,25-24-,28-27-,31-30-,34-33-,37-36-,40-39-,43-12+,44-42-,51-49+. The Balaban J connectivity index is 1.66. The van der Waals surface area contributed by atoms with Crippen LogP contribution in [0.2, 0.25) is 0 Å². The first-order valence-corrected chi connectivity index (χ1v) is 30.0. The maximum absolute atomic E-state index is 13.2. The Bertz CT molecular complexity index is 2070. The van der Waals surface area contributed by atoms with Gasteiger partial charge >= 0.3 is 0 Å². The quantitative estimate of drug-likeness (QED) is 0.0205. The molecule has 1 amide bonds. The number of carbonyl (C=O) groups excluding carboxylic acids is 1. The molecule has 2 saturated heterocycles. The van der Waals surface area contributed by atoms with Gasteiger partial charge in [-0.05, 0) is 129 Å². The maximum Gasteiger partial charge on any atom is 0.220 e. The van der Waals surface area contributed by atoms with Gasteiger partial charge in [0.1, 0.15) is 48.8 Å². The summed E-state index contributed by atoms with van der Waals surface area (Å²) in [5.41, 5.74) is 0. The van der Waals surface area contributed by atoms with E-state index in [9.17, 15) is 45.6 Å². The van der Waals surface area contributed by atoms with Crippen molar-refractivity contribution in [3.63, 3.8) is 0 Å². The first-order chi connectivity index (χ1) is 40.1. The van der Waals surface area contributed by atoms with Crippen molar-refractivity contribution < 1.29 is 64.6 Å². The molecule has 12 unspecified atom stereocenters. The summed E-state index contributed by atoms with van der Waals surface area (Å²) in [6.07, 6.45) is 64.2. The van der Waals surface area contributed by atoms with Gasteiger partial charge in [-0.1, -0.05) is 189 Å². The van der Waals surface area contributed by atoms with E-state index in [4.69, 9.17) is 18.9 Å². The number of aliphatic hydroxyl groups excluding tert-OH is 8. The molecule has 0 aromatic heterocycles. The number of rotatable bonds is 44. The van der Waals surface area contributed by atoms with E-state index in [0.717, 1.165) is 109 Å². The number of ether oxygens (including phenoxy) is 4. The molecule has 0 aromatic carbocycles. The van der Waals surface area contributed by atoms with Gasteiger partial charge in [0.25, 0.3) is 0 Å². The van der Waals surface area contributed by atoms with E-state index in [2.05, 4.69) is 176 Å². The Hall–Kier alpha value is -4.91. The third-order valence-electron chi connectivity index (χ3n) is 13.1. The number of aliphatic hydroxyl groups is 8. The zero-order valence-corrected chi connectivity index (χ0v) is 49.1. The van der Waals surface area contributed by atoms with Gasteiger partial charge in [0.15, 0.2) is 12.6 Å². The number of unbranched alkanes of at least 4 members (excludes halogenated alkanes) is 4. The van der Waals surface area contributed by atoms with E-state index in [1.54, 1.807) is 6.08 Å². The lowest BCUT2D eigenvalue weighted by atomic mass is 9.97. The minimum atomic E-state index is -1.81. The molecule has 0 bridgehead atoms. The summed E-state index contributed by atoms with van der Waals surface area (Å²) < 4.78 is 22.6. The lowest BCUT2D eigenvalue weighted by Gasteiger charge is -2.46. The first kappa shape index (κ1) is 73.2. The Morgan fingerprint density at radius 1 is 0.463 bits per heavy atom. The van der Waals surface area contributed by atoms with Crippen LogP contribution in [0.15, 0.2) is 182 Å². The second kappa shape index (κ2) is 50.6. The zero-order valence-electron chi connectivity index (χ0n) is 49.1. The predicted molar refractivity (Wildman–Crippen MR) is 331 cm³/mol. The average molecular weight is 1140 g/mol. The Kier molecular flexibility index (Phi) is 45.2. The number of nitrogens with one attached hydrogen (secondary N) is 1. The lowest BCUT2D eigenvalue weighted by Crippen LogP contribution is -2.65. The molecule has 14 nitrogen and oxygen atoms in total. The van der Waals surface area contributed by atoms with Crippen LogP contribution in [0, 0.1) is 0 Å². The highest BCUT2D eigenvalue weighted by Gasteiger charge is 2.51. The molecule has 2 fully saturated rings. The van der Waals surface area contributed by atoms with Gasteiger partial charge in [-0.25, -0.2) is 0 Å². The maximum atomic E-state index is 13.2. The average Bonchev–Trinajstić information content (AvgIpc) is 3.24. The van der Waals surface area contributed by atoms with Crippen molar-refractivity contribution in [2.24, 2.45) is 0 Å². The molecule has 0 spiro atoms. The molecule has 2 aliphatic rings. The molecule has 458 valence electrons. The zero-order chi connectivity index (χ0) is 59.5. The molecule has 2 heterocycles. The fourth-order valence-corrected chi connectivity index (χ4v) is 8.37. The minimum Gasteiger partial charge on any atom is -0.394 e. The van der Waals surface area contributed by atoms with Gasteiger partial charge in [-0.15, -0.1) is 0 Å². The number of hydrogen-bond acceptors (Lipinski definition) is 13. The summed E-state index contributed by atoms with van der Waals surface area (Å²) in [4.78, 5) is 13.2. The Morgan fingerprint density at radius 3 is 1.29 bits per heavy atom. The normalized spacial score (nSPS) is 25.3. The van der Waals surface area contributed by atoms with E-state index in [-0.39, 0.29) is 18.9 Å². The molecule has 2 aliphatic heterocycles. The van der Waals surface area contributed by atoms with Gasteiger partial charge in [0.2, 0.25) is 5.91 Å². The first-order valence-electron chi connectivity index (χ1n) is 30.0. The molecule has 0 aromatic rings. The summed E-state index contributed by atoms with van der Waals surface area (Å²) >= 11 is 0. The van der Waals surface area contributed by atoms with Crippen LogP contribution in [0.3, 0.4) is 0 Å². The molecule has 0 saturated carbocycles. The van der Waals surface area contributed by atoms with Crippen molar-refractivity contribution in [2.45, 2.75) is 216 Å². The molecule has 2 rings (SSSR count). The van der Waals surface area contributed by atoms with E-state index in [1.807, 2.05) is 19.1 Å². The summed E-state index contributed by atoms with van der Waals surface area (Å²) in [7, 11) is 0. The molecular weight excluding hydrogens is 1040 g/mol. The van der Waals surface area contributed by atoms with Gasteiger partial charge < -0.3 is 65.1 Å². The van der Waals surface area contributed by atoms with E-state index in [0.29, 0.717) is 12.8 Å². The molecule has 0 aliphatic carbocycles. The largest absolute Gasteiger partial charge is 0.394 e. The summed E-state index contributed by atoms with van der Waals surface area (Å²) in [5, 5.41) is 86.6. The number of amides is 1. The van der Waals surface area contributed by atoms with Gasteiger partial charge in [-0.3, -0.25) is 4.79 Å². The van der Waals surface area contributed by atoms with Crippen LogP contribution in [0.5, 0.6) is 0 Å². The SMILES string of the molecule is C/C=C/CC/C=C/CC/C=C/C(O)C(COC1OC(CO)C(OC2OC(CO)C(O)C(O)C2O)C(O)C1O)NC(=O)CCCC/C=C\C/C=C\C/C=C\C/C=C\C/C=C\C/C=C\C/C=C\C/C=C\C/C=C\C/C=C\C/C=C\C/C=C\CC. The van der Waals surface area contributed by atoms with Crippen molar-refractivity contribution in [1.82, 2.24) is 5.32 Å². The van der Waals surface area contributed by atoms with Crippen LogP contribution >= 0.6 is 0 Å². The highest BCUT2D eigenvalue weighted by molar-refractivity contribution is 5.76. The molecule has 0 radical (unpaired) electrons. The van der Waals surface area contributed by atoms with E-state index < -0.39 is 86.8 Å². The summed E-state index contributed by atoms with van der Waals surface area (Å²) in [6, 6.07) is -0.973. The predicted octanol–water partition coefficient (Wildman–Crippen LogP) is 10.7. The van der Waals surface area contributed by atoms with Crippen molar-refractivity contribution in [3.05, 3.63) is 182 Å². The van der Waals surface area contributed by atoms with Crippen molar-refractivity contribution in [3.8, 4) is 0 Å². The Labute approximate surface area is 491 Å². The molecule has 9 N–H and O–H groups in total. The second-order valence-electron chi connectivity index (χ2n) is 20.0. The van der Waals surface area contributed by atoms with Crippen LogP contribution in [0.25, 0.3) is 0 Å². The van der Waals surface area contributed by atoms with Crippen LogP contribution in [-0.2, 0) is 23.7 Å². The summed E-state index contributed by atoms with van der Waals surface area (Å²) in [6.45, 7) is 2.33. The lowest BCUT2D eigenvalue weighted by molar-refractivity contribution is -0.359. The van der Waals surface area contributed by atoms with Crippen molar-refractivity contribution >= 4 is 5.91 Å². The van der Waals surface area contributed by atoms with Crippen LogP contribution in [0.4, 0.5) is 0 Å². The molecule has 82 heavy (non-hydrogen) atoms. The third-order valence-corrected chi connectivity index (χ3v) is 13.1. The van der Waals surface area contributed by atoms with E-state index in [1.165, 1.54) is 0 Å². The number of allylic oxidation sites excluding steroid dienone is 29. The summed E-state index contributed by atoms with van der Waals surface area (Å²) in [5.74, 6) is -0.309. The van der Waals surface area contributed by atoms with Crippen LogP contribution < -0.4 is 5.32 Å². The fourth-order valence-electron chi connectivity index (χ4n) is 8.37. The molecule has 12 atom stereocenters. The van der Waals surface area contributed by atoms with Gasteiger partial charge in [0.05, 0.1) is 32.0 Å². The molecule has 14 heteroatoms. The Morgan fingerprint density at radius 2 is 0.854 bits per heavy atom. The van der Waals surface area contributed by atoms with Gasteiger partial charge in [0, 0.05) is 6.42 Å². The van der Waals surface area contributed by atoms with Crippen LogP contribution in [0.1, 0.15) is 142 Å². The minimum absolute atomic E-state index is 0.201. The highest BCUT2D eigenvalue weighted by Crippen LogP contribution is 2.30. The highest BCUT2D eigenvalue weighted by atomic mass is 16.7. The number of carbonyl (C=O) groups is 1. The third kappa shape index (κ3) is 35.3. The topological polar surface area (TPSA) is 228 Å². The monoisotopic (exact) mass is 1140 g/mol. The van der Waals surface area contributed by atoms with E-state index >= 15 is 0 Å². The number of hydrogen-bond donors (Lipinski definition) is 9. The molecular formula is C68H103NO13.